The molecule has 1 aliphatic carbocycles. The third kappa shape index (κ3) is 2.31. The van der Waals surface area contributed by atoms with E-state index in [1.54, 1.807) is 0 Å². The Labute approximate surface area is 125 Å². The molecule has 2 aromatic heterocycles. The van der Waals surface area contributed by atoms with Crippen molar-refractivity contribution in [1.29, 1.82) is 0 Å². The zero-order valence-electron chi connectivity index (χ0n) is 11.2. The molecule has 1 N–H and O–H groups in total. The van der Waals surface area contributed by atoms with Gasteiger partial charge in [0.1, 0.15) is 11.9 Å². The Morgan fingerprint density at radius 1 is 1.30 bits per heavy atom. The molecule has 3 heterocycles. The van der Waals surface area contributed by atoms with Crippen LogP contribution in [0.15, 0.2) is 17.0 Å². The molecule has 0 amide bonds. The molecule has 20 heavy (non-hydrogen) atoms. The minimum absolute atomic E-state index is 0.273. The van der Waals surface area contributed by atoms with Crippen molar-refractivity contribution in [1.82, 2.24) is 19.9 Å². The fraction of sp³-hybridized carbons (Fsp3) is 0.571. The number of ether oxygens (including phenoxy) is 1. The molecule has 2 aliphatic rings. The Morgan fingerprint density at radius 2 is 2.20 bits per heavy atom. The van der Waals surface area contributed by atoms with E-state index in [1.165, 1.54) is 24.8 Å². The average molecular weight is 337 g/mol. The van der Waals surface area contributed by atoms with Gasteiger partial charge in [0.25, 0.3) is 0 Å². The molecule has 6 heteroatoms. The molecular weight excluding hydrogens is 320 g/mol. The minimum atomic E-state index is 0.273. The molecular formula is C14H17BrN4O. The molecule has 1 saturated heterocycles. The Balaban J connectivity index is 1.70. The van der Waals surface area contributed by atoms with Crippen molar-refractivity contribution in [3.05, 3.63) is 22.6 Å². The number of nitrogens with one attached hydrogen (secondary N) is 1. The summed E-state index contributed by atoms with van der Waals surface area (Å²) in [4.78, 5) is 0. The fourth-order valence-electron chi connectivity index (χ4n) is 2.81. The Kier molecular flexibility index (Phi) is 3.15. The molecule has 0 bridgehead atoms. The number of piperidine rings is 1. The first-order chi connectivity index (χ1) is 9.81. The van der Waals surface area contributed by atoms with Crippen LogP contribution in [0.2, 0.25) is 0 Å². The lowest BCUT2D eigenvalue weighted by molar-refractivity contribution is 0.165. The van der Waals surface area contributed by atoms with Gasteiger partial charge >= 0.3 is 0 Å². The first-order valence-electron chi connectivity index (χ1n) is 7.23. The Morgan fingerprint density at radius 3 is 2.95 bits per heavy atom. The van der Waals surface area contributed by atoms with E-state index in [1.807, 2.05) is 10.5 Å². The van der Waals surface area contributed by atoms with Gasteiger partial charge in [0.15, 0.2) is 5.65 Å². The van der Waals surface area contributed by atoms with Crippen LogP contribution in [0, 0.1) is 0 Å². The molecule has 1 atom stereocenters. The molecule has 1 aliphatic heterocycles. The van der Waals surface area contributed by atoms with E-state index >= 15 is 0 Å². The van der Waals surface area contributed by atoms with E-state index in [0.717, 1.165) is 35.6 Å². The highest BCUT2D eigenvalue weighted by molar-refractivity contribution is 9.10. The highest BCUT2D eigenvalue weighted by Crippen LogP contribution is 2.45. The van der Waals surface area contributed by atoms with Crippen LogP contribution in [0.3, 0.4) is 0 Å². The van der Waals surface area contributed by atoms with Gasteiger partial charge in [-0.2, -0.15) is 0 Å². The summed E-state index contributed by atoms with van der Waals surface area (Å²) in [5.41, 5.74) is 2.13. The molecule has 2 aromatic rings. The standard InChI is InChI=1S/C14H17BrN4O/c15-14-18-17-13-6-12(20-10-2-1-5-16-7-10)11(8-19(13)14)9-3-4-9/h6,8-10,16H,1-5,7H2. The number of halogens is 1. The fourth-order valence-corrected chi connectivity index (χ4v) is 3.17. The van der Waals surface area contributed by atoms with Crippen LogP contribution in [-0.4, -0.2) is 33.8 Å². The van der Waals surface area contributed by atoms with Gasteiger partial charge in [0, 0.05) is 24.4 Å². The van der Waals surface area contributed by atoms with Crippen LogP contribution >= 0.6 is 15.9 Å². The average Bonchev–Trinajstić information content (AvgIpc) is 3.25. The van der Waals surface area contributed by atoms with Crippen molar-refractivity contribution in [3.8, 4) is 5.75 Å². The molecule has 0 aromatic carbocycles. The summed E-state index contributed by atoms with van der Waals surface area (Å²) in [5, 5.41) is 11.6. The largest absolute Gasteiger partial charge is 0.489 e. The predicted octanol–water partition coefficient (Wildman–Crippen LogP) is 2.50. The van der Waals surface area contributed by atoms with Crippen LogP contribution in [0.1, 0.15) is 37.2 Å². The highest BCUT2D eigenvalue weighted by Gasteiger charge is 2.29. The predicted molar refractivity (Wildman–Crippen MR) is 79.2 cm³/mol. The van der Waals surface area contributed by atoms with Crippen molar-refractivity contribution >= 4 is 21.6 Å². The summed E-state index contributed by atoms with van der Waals surface area (Å²) in [7, 11) is 0. The lowest BCUT2D eigenvalue weighted by Crippen LogP contribution is -2.37. The summed E-state index contributed by atoms with van der Waals surface area (Å²) in [6.07, 6.45) is 7.22. The van der Waals surface area contributed by atoms with Gasteiger partial charge in [-0.05, 0) is 54.1 Å². The highest BCUT2D eigenvalue weighted by atomic mass is 79.9. The monoisotopic (exact) mass is 336 g/mol. The van der Waals surface area contributed by atoms with Gasteiger partial charge in [0.2, 0.25) is 4.73 Å². The van der Waals surface area contributed by atoms with Gasteiger partial charge in [-0.3, -0.25) is 4.40 Å². The maximum absolute atomic E-state index is 6.25. The lowest BCUT2D eigenvalue weighted by atomic mass is 10.1. The van der Waals surface area contributed by atoms with Crippen LogP contribution in [0.25, 0.3) is 5.65 Å². The lowest BCUT2D eigenvalue weighted by Gasteiger charge is -2.25. The normalized spacial score (nSPS) is 23.1. The van der Waals surface area contributed by atoms with E-state index in [0.29, 0.717) is 5.92 Å². The van der Waals surface area contributed by atoms with E-state index < -0.39 is 0 Å². The molecule has 0 radical (unpaired) electrons. The van der Waals surface area contributed by atoms with Crippen molar-refractivity contribution in [2.45, 2.75) is 37.7 Å². The zero-order valence-corrected chi connectivity index (χ0v) is 12.8. The SMILES string of the molecule is Brc1nnc2cc(OC3CCCNC3)c(C3CC3)cn12. The molecule has 5 nitrogen and oxygen atoms in total. The summed E-state index contributed by atoms with van der Waals surface area (Å²) < 4.78 is 8.98. The van der Waals surface area contributed by atoms with Crippen LogP contribution in [-0.2, 0) is 0 Å². The van der Waals surface area contributed by atoms with E-state index in [4.69, 9.17) is 4.74 Å². The minimum Gasteiger partial charge on any atom is -0.489 e. The second kappa shape index (κ2) is 5.00. The van der Waals surface area contributed by atoms with Gasteiger partial charge in [-0.1, -0.05) is 0 Å². The number of rotatable bonds is 3. The van der Waals surface area contributed by atoms with Crippen molar-refractivity contribution in [2.75, 3.05) is 13.1 Å². The summed E-state index contributed by atoms with van der Waals surface area (Å²) >= 11 is 3.43. The van der Waals surface area contributed by atoms with E-state index in [9.17, 15) is 0 Å². The topological polar surface area (TPSA) is 51.5 Å². The van der Waals surface area contributed by atoms with Gasteiger partial charge < -0.3 is 10.1 Å². The Hall–Kier alpha value is -1.14. The van der Waals surface area contributed by atoms with Crippen LogP contribution in [0.5, 0.6) is 5.75 Å². The van der Waals surface area contributed by atoms with Crippen molar-refractivity contribution in [3.63, 3.8) is 0 Å². The summed E-state index contributed by atoms with van der Waals surface area (Å²) in [6.45, 7) is 2.04. The smallest absolute Gasteiger partial charge is 0.204 e. The van der Waals surface area contributed by atoms with Crippen LogP contribution in [0.4, 0.5) is 0 Å². The molecule has 1 unspecified atom stereocenters. The van der Waals surface area contributed by atoms with Crippen LogP contribution < -0.4 is 10.1 Å². The maximum atomic E-state index is 6.25. The number of hydrogen-bond acceptors (Lipinski definition) is 4. The molecule has 1 saturated carbocycles. The third-order valence-corrected chi connectivity index (χ3v) is 4.60. The number of fused-ring (bicyclic) bond motifs is 1. The number of aromatic nitrogens is 3. The first-order valence-corrected chi connectivity index (χ1v) is 8.02. The quantitative estimate of drug-likeness (QED) is 0.935. The maximum Gasteiger partial charge on any atom is 0.204 e. The summed E-state index contributed by atoms with van der Waals surface area (Å²) in [5.74, 6) is 1.63. The summed E-state index contributed by atoms with van der Waals surface area (Å²) in [6, 6.07) is 2.03. The van der Waals surface area contributed by atoms with Crippen molar-refractivity contribution < 1.29 is 4.74 Å². The number of pyridine rings is 1. The molecule has 4 rings (SSSR count). The molecule has 2 fully saturated rings. The van der Waals surface area contributed by atoms with E-state index in [-0.39, 0.29) is 6.10 Å². The third-order valence-electron chi connectivity index (χ3n) is 4.06. The molecule has 0 spiro atoms. The number of nitrogens with zero attached hydrogens (tertiary/aromatic N) is 3. The first kappa shape index (κ1) is 12.6. The Bertz CT molecular complexity index is 631. The number of hydrogen-bond donors (Lipinski definition) is 1. The van der Waals surface area contributed by atoms with E-state index in [2.05, 4.69) is 37.6 Å². The zero-order chi connectivity index (χ0) is 13.5. The van der Waals surface area contributed by atoms with Gasteiger partial charge in [-0.15, -0.1) is 10.2 Å². The second-order valence-corrected chi connectivity index (χ2v) is 6.36. The van der Waals surface area contributed by atoms with Gasteiger partial charge in [0.05, 0.1) is 0 Å². The van der Waals surface area contributed by atoms with Crippen molar-refractivity contribution in [2.24, 2.45) is 0 Å². The molecule has 106 valence electrons. The second-order valence-electron chi connectivity index (χ2n) is 5.65. The van der Waals surface area contributed by atoms with Gasteiger partial charge in [-0.25, -0.2) is 0 Å².